The van der Waals surface area contributed by atoms with Gasteiger partial charge in [0.15, 0.2) is 0 Å². The van der Waals surface area contributed by atoms with E-state index in [-0.39, 0.29) is 11.8 Å². The van der Waals surface area contributed by atoms with E-state index in [9.17, 15) is 4.79 Å². The lowest BCUT2D eigenvalue weighted by molar-refractivity contribution is -0.137. The highest BCUT2D eigenvalue weighted by molar-refractivity contribution is 6.21. The molecule has 0 rings (SSSR count). The summed E-state index contributed by atoms with van der Waals surface area (Å²) in [4.78, 5) is 10.1. The Morgan fingerprint density at radius 3 is 2.70 bits per heavy atom. The first kappa shape index (κ1) is 9.76. The Morgan fingerprint density at radius 2 is 2.30 bits per heavy atom. The zero-order valence-corrected chi connectivity index (χ0v) is 6.90. The fourth-order valence-corrected chi connectivity index (χ4v) is 1.00. The van der Waals surface area contributed by atoms with E-state index in [4.69, 9.17) is 16.7 Å². The SMILES string of the molecule is CCCC[C@H](Cl)CC(=O)O. The van der Waals surface area contributed by atoms with Gasteiger partial charge >= 0.3 is 5.97 Å². The maximum atomic E-state index is 10.1. The number of carboxylic acids is 1. The van der Waals surface area contributed by atoms with Gasteiger partial charge in [0.1, 0.15) is 0 Å². The summed E-state index contributed by atoms with van der Waals surface area (Å²) >= 11 is 5.67. The number of hydrogen-bond acceptors (Lipinski definition) is 1. The molecule has 1 atom stereocenters. The molecule has 0 heterocycles. The largest absolute Gasteiger partial charge is 0.481 e. The van der Waals surface area contributed by atoms with Crippen LogP contribution >= 0.6 is 11.6 Å². The highest BCUT2D eigenvalue weighted by Gasteiger charge is 2.07. The molecule has 1 N–H and O–H groups in total. The number of carboxylic acid groups (broad SMARTS) is 1. The Hall–Kier alpha value is -0.240. The van der Waals surface area contributed by atoms with Crippen molar-refractivity contribution in [2.24, 2.45) is 0 Å². The predicted octanol–water partition coefficient (Wildman–Crippen LogP) is 2.26. The molecule has 0 aliphatic carbocycles. The lowest BCUT2D eigenvalue weighted by Gasteiger charge is -2.03. The average molecular weight is 165 g/mol. The zero-order chi connectivity index (χ0) is 7.98. The minimum atomic E-state index is -0.809. The van der Waals surface area contributed by atoms with Crippen LogP contribution in [0.5, 0.6) is 0 Å². The minimum Gasteiger partial charge on any atom is -0.481 e. The van der Waals surface area contributed by atoms with Crippen molar-refractivity contribution < 1.29 is 9.90 Å². The molecule has 0 aromatic heterocycles. The molecule has 0 saturated heterocycles. The molecule has 0 unspecified atom stereocenters. The van der Waals surface area contributed by atoms with Gasteiger partial charge in [-0.15, -0.1) is 11.6 Å². The molecule has 3 heteroatoms. The van der Waals surface area contributed by atoms with Crippen LogP contribution in [-0.4, -0.2) is 16.5 Å². The third kappa shape index (κ3) is 5.89. The first-order valence-corrected chi connectivity index (χ1v) is 3.96. The van der Waals surface area contributed by atoms with Crippen molar-refractivity contribution >= 4 is 17.6 Å². The smallest absolute Gasteiger partial charge is 0.304 e. The van der Waals surface area contributed by atoms with E-state index < -0.39 is 5.97 Å². The van der Waals surface area contributed by atoms with Crippen molar-refractivity contribution in [2.75, 3.05) is 0 Å². The Labute approximate surface area is 66.2 Å². The van der Waals surface area contributed by atoms with Crippen molar-refractivity contribution in [3.8, 4) is 0 Å². The van der Waals surface area contributed by atoms with Crippen LogP contribution in [-0.2, 0) is 4.79 Å². The first-order chi connectivity index (χ1) is 4.66. The molecular weight excluding hydrogens is 152 g/mol. The molecule has 10 heavy (non-hydrogen) atoms. The molecule has 0 aliphatic rings. The van der Waals surface area contributed by atoms with Gasteiger partial charge in [-0.25, -0.2) is 0 Å². The molecule has 0 saturated carbocycles. The number of halogens is 1. The summed E-state index contributed by atoms with van der Waals surface area (Å²) < 4.78 is 0. The predicted molar refractivity (Wildman–Crippen MR) is 41.4 cm³/mol. The minimum absolute atomic E-state index is 0.0849. The van der Waals surface area contributed by atoms with Crippen LogP contribution in [0.4, 0.5) is 0 Å². The molecule has 0 aromatic carbocycles. The average Bonchev–Trinajstić information content (AvgIpc) is 1.82. The number of carbonyl (C=O) groups is 1. The molecule has 0 spiro atoms. The van der Waals surface area contributed by atoms with Crippen LogP contribution in [0.3, 0.4) is 0 Å². The van der Waals surface area contributed by atoms with Crippen LogP contribution < -0.4 is 0 Å². The number of rotatable bonds is 5. The number of hydrogen-bond donors (Lipinski definition) is 1. The van der Waals surface area contributed by atoms with Crippen LogP contribution in [0, 0.1) is 0 Å². The second-order valence-corrected chi connectivity index (χ2v) is 2.95. The Kier molecular flexibility index (Phi) is 5.40. The molecule has 0 bridgehead atoms. The molecular formula is C7H13ClO2. The molecule has 0 aliphatic heterocycles. The zero-order valence-electron chi connectivity index (χ0n) is 6.14. The Bertz CT molecular complexity index is 104. The molecule has 0 radical (unpaired) electrons. The van der Waals surface area contributed by atoms with Crippen molar-refractivity contribution in [3.05, 3.63) is 0 Å². The van der Waals surface area contributed by atoms with Crippen molar-refractivity contribution in [2.45, 2.75) is 38.0 Å². The monoisotopic (exact) mass is 164 g/mol. The van der Waals surface area contributed by atoms with Crippen LogP contribution in [0.15, 0.2) is 0 Å². The first-order valence-electron chi connectivity index (χ1n) is 3.52. The van der Waals surface area contributed by atoms with Crippen LogP contribution in [0.2, 0.25) is 0 Å². The van der Waals surface area contributed by atoms with Crippen LogP contribution in [0.25, 0.3) is 0 Å². The van der Waals surface area contributed by atoms with Crippen molar-refractivity contribution in [3.63, 3.8) is 0 Å². The van der Waals surface area contributed by atoms with Gasteiger partial charge < -0.3 is 5.11 Å². The maximum absolute atomic E-state index is 10.1. The molecule has 0 aromatic rings. The van der Waals surface area contributed by atoms with E-state index in [0.717, 1.165) is 19.3 Å². The van der Waals surface area contributed by atoms with Gasteiger partial charge in [0.2, 0.25) is 0 Å². The van der Waals surface area contributed by atoms with Gasteiger partial charge in [0, 0.05) is 5.38 Å². The summed E-state index contributed by atoms with van der Waals surface area (Å²) in [6, 6.07) is 0. The fourth-order valence-electron chi connectivity index (χ4n) is 0.717. The molecule has 0 amide bonds. The summed E-state index contributed by atoms with van der Waals surface area (Å²) in [7, 11) is 0. The summed E-state index contributed by atoms with van der Waals surface area (Å²) in [5, 5.41) is 8.12. The lowest BCUT2D eigenvalue weighted by atomic mass is 10.1. The molecule has 0 fully saturated rings. The third-order valence-corrected chi connectivity index (χ3v) is 1.64. The highest BCUT2D eigenvalue weighted by atomic mass is 35.5. The second-order valence-electron chi connectivity index (χ2n) is 2.34. The highest BCUT2D eigenvalue weighted by Crippen LogP contribution is 2.10. The fraction of sp³-hybridized carbons (Fsp3) is 0.857. The normalized spacial score (nSPS) is 13.0. The van der Waals surface area contributed by atoms with Crippen molar-refractivity contribution in [1.29, 1.82) is 0 Å². The lowest BCUT2D eigenvalue weighted by Crippen LogP contribution is -2.06. The standard InChI is InChI=1S/C7H13ClO2/c1-2-3-4-6(8)5-7(9)10/h6H,2-5H2,1H3,(H,9,10)/t6-/m0/s1. The summed E-state index contributed by atoms with van der Waals surface area (Å²) in [5.41, 5.74) is 0. The van der Waals surface area contributed by atoms with Gasteiger partial charge in [-0.3, -0.25) is 4.79 Å². The van der Waals surface area contributed by atoms with Crippen LogP contribution in [0.1, 0.15) is 32.6 Å². The molecule has 2 nitrogen and oxygen atoms in total. The van der Waals surface area contributed by atoms with E-state index in [1.807, 2.05) is 0 Å². The van der Waals surface area contributed by atoms with E-state index in [1.54, 1.807) is 0 Å². The van der Waals surface area contributed by atoms with E-state index in [0.29, 0.717) is 0 Å². The quantitative estimate of drug-likeness (QED) is 0.633. The summed E-state index contributed by atoms with van der Waals surface area (Å²) in [6.07, 6.45) is 2.98. The Morgan fingerprint density at radius 1 is 1.70 bits per heavy atom. The number of alkyl halides is 1. The van der Waals surface area contributed by atoms with Gasteiger partial charge in [-0.1, -0.05) is 19.8 Å². The van der Waals surface area contributed by atoms with E-state index in [2.05, 4.69) is 6.92 Å². The number of unbranched alkanes of at least 4 members (excludes halogenated alkanes) is 1. The van der Waals surface area contributed by atoms with Crippen molar-refractivity contribution in [1.82, 2.24) is 0 Å². The van der Waals surface area contributed by atoms with Gasteiger partial charge in [0.05, 0.1) is 6.42 Å². The second kappa shape index (κ2) is 5.54. The summed E-state index contributed by atoms with van der Waals surface area (Å²) in [6.45, 7) is 2.06. The number of aliphatic carboxylic acids is 1. The maximum Gasteiger partial charge on any atom is 0.304 e. The van der Waals surface area contributed by atoms with E-state index in [1.165, 1.54) is 0 Å². The third-order valence-electron chi connectivity index (χ3n) is 1.27. The van der Waals surface area contributed by atoms with Gasteiger partial charge in [0.25, 0.3) is 0 Å². The van der Waals surface area contributed by atoms with E-state index >= 15 is 0 Å². The Balaban J connectivity index is 3.25. The van der Waals surface area contributed by atoms with Gasteiger partial charge in [-0.05, 0) is 6.42 Å². The molecule has 60 valence electrons. The van der Waals surface area contributed by atoms with Gasteiger partial charge in [-0.2, -0.15) is 0 Å². The summed E-state index contributed by atoms with van der Waals surface area (Å²) in [5.74, 6) is -0.809. The topological polar surface area (TPSA) is 37.3 Å².